The summed E-state index contributed by atoms with van der Waals surface area (Å²) < 4.78 is 25.6. The quantitative estimate of drug-likeness (QED) is 0.867. The molecule has 0 fully saturated rings. The molecular formula is C9H9Cl2NO4S. The van der Waals surface area contributed by atoms with Gasteiger partial charge in [0.2, 0.25) is 10.0 Å². The van der Waals surface area contributed by atoms with Crippen molar-refractivity contribution in [2.24, 2.45) is 0 Å². The van der Waals surface area contributed by atoms with E-state index in [0.717, 1.165) is 0 Å². The standard InChI is InChI=1S/C9H9Cl2NO4S/c10-6-1-2-7(11)8(5-6)17(15,16)12-4-3-9(13)14/h1-2,5,12H,3-4H2,(H,13,14). The number of hydrogen-bond donors (Lipinski definition) is 2. The second-order valence-electron chi connectivity index (χ2n) is 3.12. The number of aliphatic carboxylic acids is 1. The average Bonchev–Trinajstić information content (AvgIpc) is 2.20. The first kappa shape index (κ1) is 14.2. The minimum atomic E-state index is -3.84. The minimum Gasteiger partial charge on any atom is -0.481 e. The molecule has 0 heterocycles. The fraction of sp³-hybridized carbons (Fsp3) is 0.222. The van der Waals surface area contributed by atoms with Gasteiger partial charge < -0.3 is 5.11 Å². The Bertz CT molecular complexity index is 530. The Hall–Kier alpha value is -0.820. The van der Waals surface area contributed by atoms with Gasteiger partial charge in [0, 0.05) is 11.6 Å². The van der Waals surface area contributed by atoms with E-state index in [2.05, 4.69) is 4.72 Å². The second kappa shape index (κ2) is 5.68. The molecule has 0 unspecified atom stereocenters. The molecule has 0 aliphatic heterocycles. The largest absolute Gasteiger partial charge is 0.481 e. The Morgan fingerprint density at radius 2 is 2.00 bits per heavy atom. The van der Waals surface area contributed by atoms with Crippen molar-refractivity contribution in [2.45, 2.75) is 11.3 Å². The summed E-state index contributed by atoms with van der Waals surface area (Å²) in [5.74, 6) is -1.09. The van der Waals surface area contributed by atoms with Crippen LogP contribution in [0.1, 0.15) is 6.42 Å². The van der Waals surface area contributed by atoms with Crippen LogP contribution in [0.3, 0.4) is 0 Å². The third-order valence-corrected chi connectivity index (χ3v) is 3.99. The van der Waals surface area contributed by atoms with E-state index in [4.69, 9.17) is 28.3 Å². The van der Waals surface area contributed by atoms with E-state index in [1.165, 1.54) is 18.2 Å². The molecule has 0 aliphatic carbocycles. The van der Waals surface area contributed by atoms with E-state index < -0.39 is 16.0 Å². The number of carboxylic acids is 1. The molecule has 1 rings (SSSR count). The molecule has 8 heteroatoms. The molecule has 0 spiro atoms. The van der Waals surface area contributed by atoms with Crippen LogP contribution >= 0.6 is 23.2 Å². The molecule has 0 aliphatic rings. The Labute approximate surface area is 108 Å². The average molecular weight is 298 g/mol. The van der Waals surface area contributed by atoms with Gasteiger partial charge in [-0.2, -0.15) is 0 Å². The van der Waals surface area contributed by atoms with Crippen molar-refractivity contribution in [1.82, 2.24) is 4.72 Å². The van der Waals surface area contributed by atoms with Crippen molar-refractivity contribution in [3.05, 3.63) is 28.2 Å². The summed E-state index contributed by atoms with van der Waals surface area (Å²) in [6, 6.07) is 4.02. The number of nitrogens with one attached hydrogen (secondary N) is 1. The van der Waals surface area contributed by atoms with Crippen LogP contribution in [0.5, 0.6) is 0 Å². The summed E-state index contributed by atoms with van der Waals surface area (Å²) >= 11 is 11.4. The molecule has 94 valence electrons. The fourth-order valence-corrected chi connectivity index (χ4v) is 2.85. The van der Waals surface area contributed by atoms with Gasteiger partial charge >= 0.3 is 5.97 Å². The van der Waals surface area contributed by atoms with Gasteiger partial charge in [-0.05, 0) is 18.2 Å². The van der Waals surface area contributed by atoms with Crippen LogP contribution in [0.25, 0.3) is 0 Å². The van der Waals surface area contributed by atoms with Gasteiger partial charge in [0.05, 0.1) is 11.4 Å². The van der Waals surface area contributed by atoms with Gasteiger partial charge in [-0.3, -0.25) is 4.79 Å². The zero-order valence-corrected chi connectivity index (χ0v) is 10.8. The number of sulfonamides is 1. The van der Waals surface area contributed by atoms with Crippen LogP contribution in [-0.4, -0.2) is 26.0 Å². The summed E-state index contributed by atoms with van der Waals surface area (Å²) in [4.78, 5) is 10.1. The molecule has 0 saturated heterocycles. The lowest BCUT2D eigenvalue weighted by Crippen LogP contribution is -2.26. The van der Waals surface area contributed by atoms with Gasteiger partial charge in [0.15, 0.2) is 0 Å². The highest BCUT2D eigenvalue weighted by Crippen LogP contribution is 2.24. The summed E-state index contributed by atoms with van der Waals surface area (Å²) in [6.45, 7) is -0.208. The Balaban J connectivity index is 2.89. The Morgan fingerprint density at radius 3 is 2.59 bits per heavy atom. The summed E-state index contributed by atoms with van der Waals surface area (Å²) in [5, 5.41) is 8.65. The number of carbonyl (C=O) groups is 1. The minimum absolute atomic E-state index is 0.0252. The first-order valence-corrected chi connectivity index (χ1v) is 6.73. The van der Waals surface area contributed by atoms with Gasteiger partial charge in [0.25, 0.3) is 0 Å². The molecular weight excluding hydrogens is 289 g/mol. The van der Waals surface area contributed by atoms with Crippen molar-refractivity contribution < 1.29 is 18.3 Å². The third kappa shape index (κ3) is 4.16. The molecule has 1 aromatic carbocycles. The molecule has 0 atom stereocenters. The molecule has 0 saturated carbocycles. The van der Waals surface area contributed by atoms with Crippen molar-refractivity contribution in [3.8, 4) is 0 Å². The van der Waals surface area contributed by atoms with Crippen LogP contribution in [0.2, 0.25) is 10.0 Å². The lowest BCUT2D eigenvalue weighted by molar-refractivity contribution is -0.136. The predicted molar refractivity (Wildman–Crippen MR) is 63.9 cm³/mol. The van der Waals surface area contributed by atoms with E-state index in [9.17, 15) is 13.2 Å². The molecule has 17 heavy (non-hydrogen) atoms. The zero-order valence-electron chi connectivity index (χ0n) is 8.48. The highest BCUT2D eigenvalue weighted by Gasteiger charge is 2.18. The van der Waals surface area contributed by atoms with Crippen LogP contribution in [0, 0.1) is 0 Å². The molecule has 5 nitrogen and oxygen atoms in total. The van der Waals surface area contributed by atoms with Gasteiger partial charge in [-0.1, -0.05) is 23.2 Å². The van der Waals surface area contributed by atoms with Crippen LogP contribution in [0.15, 0.2) is 23.1 Å². The molecule has 0 amide bonds. The highest BCUT2D eigenvalue weighted by atomic mass is 35.5. The maximum Gasteiger partial charge on any atom is 0.304 e. The van der Waals surface area contributed by atoms with E-state index in [-0.39, 0.29) is 27.9 Å². The lowest BCUT2D eigenvalue weighted by Gasteiger charge is -2.07. The van der Waals surface area contributed by atoms with E-state index in [1.807, 2.05) is 0 Å². The maximum atomic E-state index is 11.7. The SMILES string of the molecule is O=C(O)CCNS(=O)(=O)c1cc(Cl)ccc1Cl. The molecule has 0 radical (unpaired) electrons. The van der Waals surface area contributed by atoms with E-state index >= 15 is 0 Å². The zero-order chi connectivity index (χ0) is 13.1. The number of rotatable bonds is 5. The molecule has 2 N–H and O–H groups in total. The predicted octanol–water partition coefficient (Wildman–Crippen LogP) is 1.75. The fourth-order valence-electron chi connectivity index (χ4n) is 1.05. The lowest BCUT2D eigenvalue weighted by atomic mass is 10.4. The van der Waals surface area contributed by atoms with Crippen molar-refractivity contribution in [2.75, 3.05) is 6.54 Å². The Kier molecular flexibility index (Phi) is 4.76. The smallest absolute Gasteiger partial charge is 0.304 e. The Morgan fingerprint density at radius 1 is 1.35 bits per heavy atom. The van der Waals surface area contributed by atoms with Gasteiger partial charge in [-0.15, -0.1) is 0 Å². The summed E-state index contributed by atoms with van der Waals surface area (Å²) in [5.41, 5.74) is 0. The van der Waals surface area contributed by atoms with Crippen LogP contribution in [-0.2, 0) is 14.8 Å². The molecule has 0 aromatic heterocycles. The van der Waals surface area contributed by atoms with Crippen molar-refractivity contribution in [3.63, 3.8) is 0 Å². The van der Waals surface area contributed by atoms with Gasteiger partial charge in [-0.25, -0.2) is 13.1 Å². The summed E-state index contributed by atoms with van der Waals surface area (Å²) in [6.07, 6.45) is -0.308. The van der Waals surface area contributed by atoms with Crippen LogP contribution in [0.4, 0.5) is 0 Å². The number of hydrogen-bond acceptors (Lipinski definition) is 3. The number of carboxylic acid groups (broad SMARTS) is 1. The normalized spacial score (nSPS) is 11.4. The first-order valence-electron chi connectivity index (χ1n) is 4.49. The molecule has 0 bridgehead atoms. The van der Waals surface area contributed by atoms with Crippen molar-refractivity contribution >= 4 is 39.2 Å². The third-order valence-electron chi connectivity index (χ3n) is 1.81. The maximum absolute atomic E-state index is 11.7. The first-order chi connectivity index (χ1) is 7.83. The highest BCUT2D eigenvalue weighted by molar-refractivity contribution is 7.89. The second-order valence-corrected chi connectivity index (χ2v) is 5.70. The van der Waals surface area contributed by atoms with Crippen molar-refractivity contribution in [1.29, 1.82) is 0 Å². The number of benzene rings is 1. The topological polar surface area (TPSA) is 83.5 Å². The monoisotopic (exact) mass is 297 g/mol. The van der Waals surface area contributed by atoms with E-state index in [1.54, 1.807) is 0 Å². The van der Waals surface area contributed by atoms with E-state index in [0.29, 0.717) is 0 Å². The summed E-state index contributed by atoms with van der Waals surface area (Å²) in [7, 11) is -3.84. The van der Waals surface area contributed by atoms with Gasteiger partial charge in [0.1, 0.15) is 4.90 Å². The molecule has 1 aromatic rings. The van der Waals surface area contributed by atoms with Crippen LogP contribution < -0.4 is 4.72 Å². The number of halogens is 2.